The maximum absolute atomic E-state index is 14.1. The monoisotopic (exact) mass is 527 g/mol. The van der Waals surface area contributed by atoms with Crippen molar-refractivity contribution in [1.29, 1.82) is 0 Å². The van der Waals surface area contributed by atoms with Gasteiger partial charge in [0, 0.05) is 38.3 Å². The van der Waals surface area contributed by atoms with E-state index < -0.39 is 21.6 Å². The number of aromatic hydroxyl groups is 1. The van der Waals surface area contributed by atoms with Crippen LogP contribution in [-0.2, 0) is 16.8 Å². The first-order valence-corrected chi connectivity index (χ1v) is 13.7. The van der Waals surface area contributed by atoms with Crippen molar-refractivity contribution >= 4 is 15.9 Å². The summed E-state index contributed by atoms with van der Waals surface area (Å²) >= 11 is 0. The Balaban J connectivity index is 1.40. The number of nitrogens with zero attached hydrogens (tertiary/aromatic N) is 3. The lowest BCUT2D eigenvalue weighted by molar-refractivity contribution is 0.100. The Labute approximate surface area is 216 Å². The van der Waals surface area contributed by atoms with Gasteiger partial charge < -0.3 is 5.11 Å². The molecule has 0 aliphatic carbocycles. The molecule has 2 fully saturated rings. The number of anilines is 1. The fraction of sp³-hybridized carbons (Fsp3) is 0.357. The Morgan fingerprint density at radius 1 is 1.03 bits per heavy atom. The van der Waals surface area contributed by atoms with E-state index in [0.29, 0.717) is 43.7 Å². The van der Waals surface area contributed by atoms with Crippen molar-refractivity contribution in [3.05, 3.63) is 83.4 Å². The van der Waals surface area contributed by atoms with Crippen LogP contribution >= 0.6 is 0 Å². The van der Waals surface area contributed by atoms with Crippen molar-refractivity contribution < 1.29 is 22.3 Å². The van der Waals surface area contributed by atoms with Crippen molar-refractivity contribution in [2.75, 3.05) is 24.4 Å². The standard InChI is InChI=1S/C28H31F2N3O3S/c1-19-13-23(30)8-9-25(19)26-14-21(7-10-27(26)34)17-32-12-11-28(16-20(32)2)18-31(3)37(35,36)33(28)24-6-4-5-22(29)15-24/h4-10,13-15,20,34H,11-12,16-18H2,1-3H3. The summed E-state index contributed by atoms with van der Waals surface area (Å²) in [6, 6.07) is 15.8. The summed E-state index contributed by atoms with van der Waals surface area (Å²) in [5.74, 6) is -0.656. The lowest BCUT2D eigenvalue weighted by Crippen LogP contribution is -2.57. The Kier molecular flexibility index (Phi) is 6.50. The van der Waals surface area contributed by atoms with E-state index in [1.54, 1.807) is 25.2 Å². The number of phenolic OH excluding ortho intramolecular Hbond substituents is 1. The number of likely N-dealkylation sites (tertiary alicyclic amines) is 1. The molecule has 37 heavy (non-hydrogen) atoms. The molecule has 0 radical (unpaired) electrons. The van der Waals surface area contributed by atoms with Gasteiger partial charge in [0.1, 0.15) is 17.4 Å². The summed E-state index contributed by atoms with van der Waals surface area (Å²) in [5, 5.41) is 10.5. The number of piperidine rings is 1. The Morgan fingerprint density at radius 3 is 2.49 bits per heavy atom. The molecule has 2 aliphatic rings. The Bertz CT molecular complexity index is 1450. The maximum Gasteiger partial charge on any atom is 0.304 e. The SMILES string of the molecule is Cc1cc(F)ccc1-c1cc(CN2CCC3(CC2C)CN(C)S(=O)(=O)N3c2cccc(F)c2)ccc1O. The topological polar surface area (TPSA) is 64.1 Å². The van der Waals surface area contributed by atoms with Gasteiger partial charge in [-0.1, -0.05) is 18.2 Å². The second kappa shape index (κ2) is 9.38. The molecule has 3 aromatic carbocycles. The fourth-order valence-corrected chi connectivity index (χ4v) is 7.71. The van der Waals surface area contributed by atoms with Crippen LogP contribution in [0.3, 0.4) is 0 Å². The van der Waals surface area contributed by atoms with Crippen molar-refractivity contribution in [2.45, 2.75) is 44.8 Å². The fourth-order valence-electron chi connectivity index (χ4n) is 5.93. The lowest BCUT2D eigenvalue weighted by atomic mass is 9.82. The second-order valence-electron chi connectivity index (χ2n) is 10.3. The molecule has 196 valence electrons. The quantitative estimate of drug-likeness (QED) is 0.515. The van der Waals surface area contributed by atoms with Gasteiger partial charge >= 0.3 is 10.2 Å². The minimum absolute atomic E-state index is 0.0521. The van der Waals surface area contributed by atoms with Crippen LogP contribution in [0.4, 0.5) is 14.5 Å². The predicted octanol–water partition coefficient (Wildman–Crippen LogP) is 5.07. The van der Waals surface area contributed by atoms with Gasteiger partial charge in [-0.25, -0.2) is 8.78 Å². The third kappa shape index (κ3) is 4.60. The molecule has 3 aromatic rings. The Hall–Kier alpha value is -3.01. The number of aryl methyl sites for hydroxylation is 1. The number of hydrogen-bond acceptors (Lipinski definition) is 4. The van der Waals surface area contributed by atoms with Crippen LogP contribution in [0.5, 0.6) is 5.75 Å². The molecule has 2 heterocycles. The normalized spacial score (nSPS) is 24.1. The van der Waals surface area contributed by atoms with Crippen molar-refractivity contribution in [2.24, 2.45) is 0 Å². The van der Waals surface area contributed by atoms with Crippen LogP contribution in [0.2, 0.25) is 0 Å². The smallest absolute Gasteiger partial charge is 0.304 e. The summed E-state index contributed by atoms with van der Waals surface area (Å²) in [4.78, 5) is 2.30. The number of hydrogen-bond donors (Lipinski definition) is 1. The van der Waals surface area contributed by atoms with Gasteiger partial charge in [0.05, 0.1) is 11.2 Å². The number of phenols is 1. The minimum Gasteiger partial charge on any atom is -0.507 e. The predicted molar refractivity (Wildman–Crippen MR) is 141 cm³/mol. The van der Waals surface area contributed by atoms with Crippen LogP contribution < -0.4 is 4.31 Å². The summed E-state index contributed by atoms with van der Waals surface area (Å²) in [5.41, 5.74) is 2.85. The van der Waals surface area contributed by atoms with Crippen LogP contribution in [0, 0.1) is 18.6 Å². The van der Waals surface area contributed by atoms with Crippen LogP contribution in [0.1, 0.15) is 30.9 Å². The van der Waals surface area contributed by atoms with Crippen LogP contribution in [-0.4, -0.2) is 54.4 Å². The molecular formula is C28H31F2N3O3S. The van der Waals surface area contributed by atoms with E-state index in [9.17, 15) is 22.3 Å². The summed E-state index contributed by atoms with van der Waals surface area (Å²) in [6.45, 7) is 5.52. The zero-order chi connectivity index (χ0) is 26.5. The first-order chi connectivity index (χ1) is 17.5. The summed E-state index contributed by atoms with van der Waals surface area (Å²) in [6.07, 6.45) is 1.19. The molecular weight excluding hydrogens is 496 g/mol. The van der Waals surface area contributed by atoms with E-state index in [-0.39, 0.29) is 17.6 Å². The average molecular weight is 528 g/mol. The van der Waals surface area contributed by atoms with Gasteiger partial charge in [-0.3, -0.25) is 9.21 Å². The average Bonchev–Trinajstić information content (AvgIpc) is 3.01. The highest BCUT2D eigenvalue weighted by molar-refractivity contribution is 7.90. The van der Waals surface area contributed by atoms with Crippen molar-refractivity contribution in [3.8, 4) is 16.9 Å². The highest BCUT2D eigenvalue weighted by Crippen LogP contribution is 2.44. The lowest BCUT2D eigenvalue weighted by Gasteiger charge is -2.47. The van der Waals surface area contributed by atoms with E-state index in [0.717, 1.165) is 16.7 Å². The number of halogens is 2. The molecule has 5 rings (SSSR count). The first-order valence-electron chi connectivity index (χ1n) is 12.3. The molecule has 2 unspecified atom stereocenters. The van der Waals surface area contributed by atoms with Gasteiger partial charge in [0.25, 0.3) is 0 Å². The molecule has 0 amide bonds. The molecule has 0 aromatic heterocycles. The molecule has 0 saturated carbocycles. The maximum atomic E-state index is 14.1. The molecule has 9 heteroatoms. The third-order valence-electron chi connectivity index (χ3n) is 7.70. The molecule has 6 nitrogen and oxygen atoms in total. The number of likely N-dealkylation sites (N-methyl/N-ethyl adjacent to an activating group) is 1. The zero-order valence-electron chi connectivity index (χ0n) is 21.2. The minimum atomic E-state index is -3.76. The van der Waals surface area contributed by atoms with Gasteiger partial charge in [-0.15, -0.1) is 0 Å². The number of rotatable bonds is 4. The van der Waals surface area contributed by atoms with Crippen molar-refractivity contribution in [3.63, 3.8) is 0 Å². The first kappa shape index (κ1) is 25.6. The van der Waals surface area contributed by atoms with E-state index >= 15 is 0 Å². The van der Waals surface area contributed by atoms with E-state index in [2.05, 4.69) is 11.8 Å². The molecule has 1 spiro atoms. The van der Waals surface area contributed by atoms with Crippen molar-refractivity contribution in [1.82, 2.24) is 9.21 Å². The molecule has 2 atom stereocenters. The van der Waals surface area contributed by atoms with Gasteiger partial charge in [-0.05, 0) is 85.8 Å². The highest BCUT2D eigenvalue weighted by atomic mass is 32.2. The highest BCUT2D eigenvalue weighted by Gasteiger charge is 2.55. The zero-order valence-corrected chi connectivity index (χ0v) is 22.0. The Morgan fingerprint density at radius 2 is 1.78 bits per heavy atom. The third-order valence-corrected chi connectivity index (χ3v) is 9.68. The molecule has 1 N–H and O–H groups in total. The molecule has 0 bridgehead atoms. The van der Waals surface area contributed by atoms with Gasteiger partial charge in [0.2, 0.25) is 0 Å². The molecule has 2 aliphatic heterocycles. The largest absolute Gasteiger partial charge is 0.507 e. The number of benzene rings is 3. The molecule has 2 saturated heterocycles. The second-order valence-corrected chi connectivity index (χ2v) is 12.2. The summed E-state index contributed by atoms with van der Waals surface area (Å²) < 4.78 is 57.0. The van der Waals surface area contributed by atoms with E-state index in [1.165, 1.54) is 38.9 Å². The van der Waals surface area contributed by atoms with Crippen LogP contribution in [0.15, 0.2) is 60.7 Å². The van der Waals surface area contributed by atoms with Gasteiger partial charge in [-0.2, -0.15) is 12.7 Å². The van der Waals surface area contributed by atoms with Crippen LogP contribution in [0.25, 0.3) is 11.1 Å². The van der Waals surface area contributed by atoms with Gasteiger partial charge in [0.15, 0.2) is 0 Å². The summed E-state index contributed by atoms with van der Waals surface area (Å²) in [7, 11) is -2.19. The van der Waals surface area contributed by atoms with E-state index in [4.69, 9.17) is 0 Å². The van der Waals surface area contributed by atoms with E-state index in [1.807, 2.05) is 19.1 Å².